The van der Waals surface area contributed by atoms with E-state index in [0.29, 0.717) is 11.5 Å². The van der Waals surface area contributed by atoms with Crippen molar-refractivity contribution in [3.05, 3.63) is 82.9 Å². The molecule has 0 aliphatic heterocycles. The van der Waals surface area contributed by atoms with Crippen molar-refractivity contribution >= 4 is 11.7 Å². The van der Waals surface area contributed by atoms with Crippen LogP contribution in [0.5, 0.6) is 0 Å². The van der Waals surface area contributed by atoms with Crippen LogP contribution in [0.1, 0.15) is 33.0 Å². The van der Waals surface area contributed by atoms with Crippen LogP contribution < -0.4 is 5.32 Å². The minimum atomic E-state index is -4.49. The van der Waals surface area contributed by atoms with Gasteiger partial charge >= 0.3 is 6.18 Å². The molecule has 1 N–H and O–H groups in total. The third-order valence-corrected chi connectivity index (χ3v) is 4.73. The minimum absolute atomic E-state index is 0.182. The van der Waals surface area contributed by atoms with Crippen LogP contribution in [-0.4, -0.2) is 30.5 Å². The van der Waals surface area contributed by atoms with Gasteiger partial charge in [0, 0.05) is 18.0 Å². The number of nitrogens with one attached hydrogen (secondary N) is 1. The number of anilines is 1. The van der Waals surface area contributed by atoms with Gasteiger partial charge in [-0.15, -0.1) is 0 Å². The van der Waals surface area contributed by atoms with Gasteiger partial charge in [-0.25, -0.2) is 14.3 Å². The first-order chi connectivity index (χ1) is 15.1. The predicted molar refractivity (Wildman–Crippen MR) is 112 cm³/mol. The van der Waals surface area contributed by atoms with Gasteiger partial charge in [-0.2, -0.15) is 23.4 Å². The molecular formula is C22H19F3N6O. The van der Waals surface area contributed by atoms with E-state index in [1.54, 1.807) is 29.8 Å². The fourth-order valence-corrected chi connectivity index (χ4v) is 3.29. The molecule has 0 fully saturated rings. The normalized spacial score (nSPS) is 11.6. The zero-order valence-corrected chi connectivity index (χ0v) is 17.5. The van der Waals surface area contributed by atoms with Crippen LogP contribution in [0.3, 0.4) is 0 Å². The second kappa shape index (κ2) is 7.95. The summed E-state index contributed by atoms with van der Waals surface area (Å²) in [6, 6.07) is 11.5. The Kier molecular flexibility index (Phi) is 5.29. The Morgan fingerprint density at radius 1 is 0.938 bits per heavy atom. The van der Waals surface area contributed by atoms with Crippen molar-refractivity contribution in [2.75, 3.05) is 5.32 Å². The van der Waals surface area contributed by atoms with E-state index in [-0.39, 0.29) is 17.1 Å². The Balaban J connectivity index is 1.59. The molecule has 0 saturated heterocycles. The number of alkyl halides is 3. The highest BCUT2D eigenvalue weighted by Crippen LogP contribution is 2.31. The lowest BCUT2D eigenvalue weighted by Crippen LogP contribution is -2.16. The topological polar surface area (TPSA) is 77.6 Å². The van der Waals surface area contributed by atoms with Gasteiger partial charge < -0.3 is 5.32 Å². The molecule has 0 saturated carbocycles. The number of nitrogens with zero attached hydrogens (tertiary/aromatic N) is 5. The van der Waals surface area contributed by atoms with Crippen LogP contribution in [0.2, 0.25) is 0 Å². The number of pyridine rings is 1. The number of rotatable bonds is 4. The standard InChI is InChI=1S/C22H19F3N6O/c1-13-9-15(3)30(28-13)19-8-7-16(12-26-19)21(32)27-20-10-14(2)29-31(20)18-6-4-5-17(11-18)22(23,24)25/h4-12H,1-3H3,(H,27,32). The van der Waals surface area contributed by atoms with E-state index in [0.717, 1.165) is 23.5 Å². The molecule has 3 aromatic heterocycles. The molecule has 3 heterocycles. The molecule has 1 aromatic carbocycles. The first-order valence-electron chi connectivity index (χ1n) is 9.67. The first-order valence-corrected chi connectivity index (χ1v) is 9.67. The molecule has 164 valence electrons. The number of hydrogen-bond donors (Lipinski definition) is 1. The summed E-state index contributed by atoms with van der Waals surface area (Å²) in [4.78, 5) is 17.1. The van der Waals surface area contributed by atoms with Crippen molar-refractivity contribution in [3.8, 4) is 11.5 Å². The van der Waals surface area contributed by atoms with E-state index in [2.05, 4.69) is 20.5 Å². The summed E-state index contributed by atoms with van der Waals surface area (Å²) in [5.74, 6) is 0.344. The minimum Gasteiger partial charge on any atom is -0.306 e. The largest absolute Gasteiger partial charge is 0.416 e. The number of amides is 1. The Labute approximate surface area is 181 Å². The second-order valence-corrected chi connectivity index (χ2v) is 7.33. The van der Waals surface area contributed by atoms with Gasteiger partial charge in [-0.05, 0) is 57.2 Å². The smallest absolute Gasteiger partial charge is 0.306 e. The van der Waals surface area contributed by atoms with E-state index < -0.39 is 17.6 Å². The number of hydrogen-bond acceptors (Lipinski definition) is 4. The van der Waals surface area contributed by atoms with Gasteiger partial charge in [0.2, 0.25) is 0 Å². The molecule has 0 radical (unpaired) electrons. The maximum atomic E-state index is 13.1. The van der Waals surface area contributed by atoms with Crippen molar-refractivity contribution in [2.45, 2.75) is 26.9 Å². The summed E-state index contributed by atoms with van der Waals surface area (Å²) in [5.41, 5.74) is 1.96. The molecule has 4 aromatic rings. The van der Waals surface area contributed by atoms with E-state index in [1.165, 1.54) is 23.0 Å². The Bertz CT molecular complexity index is 1290. The summed E-state index contributed by atoms with van der Waals surface area (Å²) in [7, 11) is 0. The lowest BCUT2D eigenvalue weighted by Gasteiger charge is -2.12. The average Bonchev–Trinajstić information content (AvgIpc) is 3.28. The highest BCUT2D eigenvalue weighted by molar-refractivity contribution is 6.03. The lowest BCUT2D eigenvalue weighted by atomic mass is 10.2. The first kappa shape index (κ1) is 21.3. The molecule has 32 heavy (non-hydrogen) atoms. The van der Waals surface area contributed by atoms with Crippen LogP contribution in [0.4, 0.5) is 19.0 Å². The molecule has 10 heteroatoms. The van der Waals surface area contributed by atoms with E-state index in [9.17, 15) is 18.0 Å². The molecule has 0 bridgehead atoms. The fourth-order valence-electron chi connectivity index (χ4n) is 3.29. The van der Waals surface area contributed by atoms with Crippen LogP contribution in [0.25, 0.3) is 11.5 Å². The average molecular weight is 440 g/mol. The summed E-state index contributed by atoms with van der Waals surface area (Å²) >= 11 is 0. The lowest BCUT2D eigenvalue weighted by molar-refractivity contribution is -0.137. The maximum absolute atomic E-state index is 13.1. The highest BCUT2D eigenvalue weighted by Gasteiger charge is 2.30. The Hall–Kier alpha value is -3.95. The van der Waals surface area contributed by atoms with Gasteiger partial charge in [-0.3, -0.25) is 4.79 Å². The maximum Gasteiger partial charge on any atom is 0.416 e. The van der Waals surface area contributed by atoms with Crippen LogP contribution in [-0.2, 0) is 6.18 Å². The van der Waals surface area contributed by atoms with Crippen molar-refractivity contribution in [3.63, 3.8) is 0 Å². The number of aryl methyl sites for hydroxylation is 3. The number of halogens is 3. The van der Waals surface area contributed by atoms with Gasteiger partial charge in [0.25, 0.3) is 5.91 Å². The van der Waals surface area contributed by atoms with Crippen molar-refractivity contribution in [1.82, 2.24) is 24.5 Å². The highest BCUT2D eigenvalue weighted by atomic mass is 19.4. The number of aromatic nitrogens is 5. The second-order valence-electron chi connectivity index (χ2n) is 7.33. The SMILES string of the molecule is Cc1cc(C)n(-c2ccc(C(=O)Nc3cc(C)nn3-c3cccc(C(F)(F)F)c3)cn2)n1. The molecule has 0 unspecified atom stereocenters. The van der Waals surface area contributed by atoms with Crippen LogP contribution in [0, 0.1) is 20.8 Å². The van der Waals surface area contributed by atoms with Crippen molar-refractivity contribution in [1.29, 1.82) is 0 Å². The molecule has 0 aliphatic carbocycles. The van der Waals surface area contributed by atoms with Crippen molar-refractivity contribution in [2.24, 2.45) is 0 Å². The van der Waals surface area contributed by atoms with Gasteiger partial charge in [0.05, 0.1) is 28.2 Å². The van der Waals surface area contributed by atoms with Gasteiger partial charge in [-0.1, -0.05) is 6.07 Å². The van der Waals surface area contributed by atoms with Gasteiger partial charge in [0.1, 0.15) is 5.82 Å². The summed E-state index contributed by atoms with van der Waals surface area (Å²) in [5, 5.41) is 11.3. The van der Waals surface area contributed by atoms with E-state index >= 15 is 0 Å². The third-order valence-electron chi connectivity index (χ3n) is 4.73. The zero-order chi connectivity index (χ0) is 23.0. The monoisotopic (exact) mass is 440 g/mol. The van der Waals surface area contributed by atoms with Crippen LogP contribution >= 0.6 is 0 Å². The summed E-state index contributed by atoms with van der Waals surface area (Å²) in [6.07, 6.45) is -3.07. The Morgan fingerprint density at radius 3 is 2.28 bits per heavy atom. The molecule has 0 atom stereocenters. The Morgan fingerprint density at radius 2 is 1.66 bits per heavy atom. The molecule has 4 rings (SSSR count). The molecule has 0 aliphatic rings. The van der Waals surface area contributed by atoms with E-state index in [1.807, 2.05) is 19.9 Å². The quantitative estimate of drug-likeness (QED) is 0.501. The predicted octanol–water partition coefficient (Wildman–Crippen LogP) is 4.65. The van der Waals surface area contributed by atoms with Crippen molar-refractivity contribution < 1.29 is 18.0 Å². The summed E-state index contributed by atoms with van der Waals surface area (Å²) < 4.78 is 42.2. The molecule has 1 amide bonds. The molecular weight excluding hydrogens is 421 g/mol. The third kappa shape index (κ3) is 4.25. The zero-order valence-electron chi connectivity index (χ0n) is 17.5. The van der Waals surface area contributed by atoms with E-state index in [4.69, 9.17) is 0 Å². The number of carbonyl (C=O) groups excluding carboxylic acids is 1. The fraction of sp³-hybridized carbons (Fsp3) is 0.182. The summed E-state index contributed by atoms with van der Waals surface area (Å²) in [6.45, 7) is 5.46. The number of carbonyl (C=O) groups is 1. The molecule has 0 spiro atoms. The van der Waals surface area contributed by atoms with Gasteiger partial charge in [0.15, 0.2) is 5.82 Å². The number of benzene rings is 1. The van der Waals surface area contributed by atoms with Crippen LogP contribution in [0.15, 0.2) is 54.7 Å². The molecule has 7 nitrogen and oxygen atoms in total.